The summed E-state index contributed by atoms with van der Waals surface area (Å²) in [5.74, 6) is -0.338. The average molecular weight is 456 g/mol. The Kier molecular flexibility index (Phi) is 5.28. The van der Waals surface area contributed by atoms with Crippen LogP contribution in [0.4, 0.5) is 5.88 Å². The Morgan fingerprint density at radius 2 is 2.00 bits per heavy atom. The Morgan fingerprint density at radius 1 is 1.31 bits per heavy atom. The van der Waals surface area contributed by atoms with E-state index >= 15 is 0 Å². The van der Waals surface area contributed by atoms with Crippen LogP contribution in [-0.4, -0.2) is 19.5 Å². The van der Waals surface area contributed by atoms with E-state index in [0.717, 1.165) is 16.9 Å². The van der Waals surface area contributed by atoms with E-state index in [0.29, 0.717) is 10.2 Å². The molecule has 0 atom stereocenters. The second kappa shape index (κ2) is 7.31. The largest absolute Gasteiger partial charge is 0.337 e. The molecule has 0 aliphatic rings. The van der Waals surface area contributed by atoms with Crippen LogP contribution < -0.4 is 10.0 Å². The number of hydrogen-bond acceptors (Lipinski definition) is 6. The maximum atomic E-state index is 13.1. The van der Waals surface area contributed by atoms with E-state index in [1.807, 2.05) is 30.3 Å². The van der Waals surface area contributed by atoms with Crippen molar-refractivity contribution >= 4 is 49.1 Å². The van der Waals surface area contributed by atoms with Crippen molar-refractivity contribution in [3.05, 3.63) is 62.4 Å². The van der Waals surface area contributed by atoms with E-state index in [2.05, 4.69) is 21.1 Å². The number of carbonyl (C=O) groups excluding carboxylic acids is 1. The van der Waals surface area contributed by atoms with Gasteiger partial charge in [-0.25, -0.2) is 13.6 Å². The number of halogens is 1. The van der Waals surface area contributed by atoms with Gasteiger partial charge in [0.1, 0.15) is 14.2 Å². The van der Waals surface area contributed by atoms with Crippen LogP contribution in [0.2, 0.25) is 0 Å². The Hall–Kier alpha value is -2.01. The number of hydrogen-bond donors (Lipinski definition) is 1. The number of nitrogens with two attached hydrogens (primary N) is 1. The Morgan fingerprint density at radius 3 is 2.58 bits per heavy atom. The number of nitrogens with zero attached hydrogens (tertiary/aromatic N) is 2. The van der Waals surface area contributed by atoms with Gasteiger partial charge in [-0.15, -0.1) is 11.3 Å². The van der Waals surface area contributed by atoms with Crippen LogP contribution >= 0.6 is 27.3 Å². The van der Waals surface area contributed by atoms with Gasteiger partial charge in [-0.2, -0.15) is 0 Å². The number of aryl methyl sites for hydroxylation is 1. The summed E-state index contributed by atoms with van der Waals surface area (Å²) >= 11 is 4.37. The first kappa shape index (κ1) is 18.8. The minimum Gasteiger partial charge on any atom is -0.337 e. The molecule has 0 saturated carbocycles. The second-order valence-corrected chi connectivity index (χ2v) is 8.66. The van der Waals surface area contributed by atoms with Gasteiger partial charge in [0.05, 0.1) is 12.2 Å². The topological polar surface area (TPSA) is 106 Å². The van der Waals surface area contributed by atoms with Crippen LogP contribution in [0.25, 0.3) is 0 Å². The lowest BCUT2D eigenvalue weighted by Gasteiger charge is -2.20. The van der Waals surface area contributed by atoms with Crippen LogP contribution in [-0.2, 0) is 16.6 Å². The zero-order chi connectivity index (χ0) is 18.9. The summed E-state index contributed by atoms with van der Waals surface area (Å²) in [5, 5.41) is 10.6. The lowest BCUT2D eigenvalue weighted by molar-refractivity contribution is 0.0980. The minimum atomic E-state index is -4.02. The van der Waals surface area contributed by atoms with E-state index in [9.17, 15) is 13.2 Å². The molecule has 0 radical (unpaired) electrons. The first-order chi connectivity index (χ1) is 12.3. The monoisotopic (exact) mass is 455 g/mol. The number of carbonyl (C=O) groups is 1. The highest BCUT2D eigenvalue weighted by Crippen LogP contribution is 2.33. The molecule has 0 unspecified atom stereocenters. The normalized spacial score (nSPS) is 11.5. The Labute approximate surface area is 162 Å². The summed E-state index contributed by atoms with van der Waals surface area (Å²) in [5.41, 5.74) is 1.42. The van der Waals surface area contributed by atoms with Crippen LogP contribution in [0, 0.1) is 6.92 Å². The van der Waals surface area contributed by atoms with Crippen LogP contribution in [0.3, 0.4) is 0 Å². The molecule has 0 bridgehead atoms. The summed E-state index contributed by atoms with van der Waals surface area (Å²) in [6.07, 6.45) is 0. The summed E-state index contributed by atoms with van der Waals surface area (Å²) in [7, 11) is -4.02. The van der Waals surface area contributed by atoms with Crippen molar-refractivity contribution in [2.45, 2.75) is 18.4 Å². The van der Waals surface area contributed by atoms with Crippen molar-refractivity contribution in [1.29, 1.82) is 0 Å². The van der Waals surface area contributed by atoms with Crippen molar-refractivity contribution in [3.8, 4) is 0 Å². The van der Waals surface area contributed by atoms with Gasteiger partial charge in [0, 0.05) is 0 Å². The van der Waals surface area contributed by atoms with Gasteiger partial charge in [0.25, 0.3) is 5.91 Å². The van der Waals surface area contributed by atoms with Gasteiger partial charge in [0.15, 0.2) is 0 Å². The van der Waals surface area contributed by atoms with E-state index in [-0.39, 0.29) is 22.2 Å². The fraction of sp³-hybridized carbons (Fsp3) is 0.125. The lowest BCUT2D eigenvalue weighted by atomic mass is 10.2. The molecule has 26 heavy (non-hydrogen) atoms. The molecule has 3 aromatic rings. The number of amides is 1. The maximum absolute atomic E-state index is 13.1. The number of primary sulfonamides is 1. The molecule has 2 N–H and O–H groups in total. The fourth-order valence-corrected chi connectivity index (χ4v) is 4.59. The molecule has 0 aliphatic carbocycles. The number of anilines is 1. The SMILES string of the molecule is Cc1noc(N(Cc2ccccc2)C(=O)c2sccc2S(N)(=O)=O)c1Br. The first-order valence-corrected chi connectivity index (χ1v) is 10.6. The second-order valence-electron chi connectivity index (χ2n) is 5.42. The molecule has 3 rings (SSSR count). The van der Waals surface area contributed by atoms with Gasteiger partial charge < -0.3 is 4.52 Å². The molecule has 1 aromatic carbocycles. The number of thiophene rings is 1. The van der Waals surface area contributed by atoms with Crippen LogP contribution in [0.15, 0.2) is 55.7 Å². The summed E-state index contributed by atoms with van der Waals surface area (Å²) < 4.78 is 29.4. The third-order valence-corrected chi connectivity index (χ3v) is 6.48. The predicted molar refractivity (Wildman–Crippen MR) is 102 cm³/mol. The smallest absolute Gasteiger partial charge is 0.272 e. The highest BCUT2D eigenvalue weighted by Gasteiger charge is 2.30. The van der Waals surface area contributed by atoms with Crippen molar-refractivity contribution in [2.24, 2.45) is 5.14 Å². The average Bonchev–Trinajstić information content (AvgIpc) is 3.21. The molecule has 0 aliphatic heterocycles. The van der Waals surface area contributed by atoms with Crippen molar-refractivity contribution in [1.82, 2.24) is 5.16 Å². The fourth-order valence-electron chi connectivity index (χ4n) is 2.32. The van der Waals surface area contributed by atoms with Crippen LogP contribution in [0.5, 0.6) is 0 Å². The van der Waals surface area contributed by atoms with Gasteiger partial charge in [0.2, 0.25) is 15.9 Å². The molecule has 0 fully saturated rings. The van der Waals surface area contributed by atoms with Gasteiger partial charge in [-0.1, -0.05) is 35.5 Å². The first-order valence-electron chi connectivity index (χ1n) is 7.37. The molecule has 0 spiro atoms. The minimum absolute atomic E-state index is 0.0179. The molecule has 2 aromatic heterocycles. The van der Waals surface area contributed by atoms with E-state index in [4.69, 9.17) is 9.66 Å². The molecule has 2 heterocycles. The molecular weight excluding hydrogens is 442 g/mol. The Bertz CT molecular complexity index is 1040. The molecular formula is C16H14BrN3O4S2. The molecule has 136 valence electrons. The van der Waals surface area contributed by atoms with E-state index < -0.39 is 15.9 Å². The highest BCUT2D eigenvalue weighted by atomic mass is 79.9. The van der Waals surface area contributed by atoms with Crippen molar-refractivity contribution in [3.63, 3.8) is 0 Å². The van der Waals surface area contributed by atoms with E-state index in [1.54, 1.807) is 6.92 Å². The molecule has 7 nitrogen and oxygen atoms in total. The standard InChI is InChI=1S/C16H14BrN3O4S2/c1-10-13(17)16(24-19-10)20(9-11-5-3-2-4-6-11)15(21)14-12(7-8-25-14)26(18,22)23/h2-8H,9H2,1H3,(H2,18,22,23). The number of sulfonamides is 1. The number of benzene rings is 1. The summed E-state index contributed by atoms with van der Waals surface area (Å²) in [6, 6.07) is 10.6. The third-order valence-electron chi connectivity index (χ3n) is 3.58. The number of aromatic nitrogens is 1. The molecule has 1 amide bonds. The van der Waals surface area contributed by atoms with Crippen molar-refractivity contribution < 1.29 is 17.7 Å². The molecule has 0 saturated heterocycles. The maximum Gasteiger partial charge on any atom is 0.272 e. The summed E-state index contributed by atoms with van der Waals surface area (Å²) in [4.78, 5) is 14.3. The van der Waals surface area contributed by atoms with Crippen molar-refractivity contribution in [2.75, 3.05) is 4.90 Å². The zero-order valence-corrected chi connectivity index (χ0v) is 16.8. The van der Waals surface area contributed by atoms with Gasteiger partial charge in [-0.05, 0) is 39.9 Å². The Balaban J connectivity index is 2.08. The zero-order valence-electron chi connectivity index (χ0n) is 13.5. The highest BCUT2D eigenvalue weighted by molar-refractivity contribution is 9.10. The van der Waals surface area contributed by atoms with Gasteiger partial charge >= 0.3 is 0 Å². The predicted octanol–water partition coefficient (Wildman–Crippen LogP) is 3.30. The molecule has 10 heteroatoms. The quantitative estimate of drug-likeness (QED) is 0.634. The van der Waals surface area contributed by atoms with Crippen LogP contribution in [0.1, 0.15) is 20.9 Å². The summed E-state index contributed by atoms with van der Waals surface area (Å²) in [6.45, 7) is 1.90. The van der Waals surface area contributed by atoms with E-state index in [1.165, 1.54) is 16.3 Å². The van der Waals surface area contributed by atoms with Gasteiger partial charge in [-0.3, -0.25) is 9.69 Å². The number of rotatable bonds is 5. The third kappa shape index (κ3) is 3.73. The lowest BCUT2D eigenvalue weighted by Crippen LogP contribution is -2.31.